The standard InChI is InChI=1S/C12H13IO2/c1-8-2-4-9(5-3-8)12-10(13)6-7-11(14)15-12/h2-5,10,12H,6-7H2,1H3. The Morgan fingerprint density at radius 3 is 2.67 bits per heavy atom. The van der Waals surface area contributed by atoms with E-state index in [1.165, 1.54) is 5.56 Å². The summed E-state index contributed by atoms with van der Waals surface area (Å²) in [5, 5.41) is 0. The largest absolute Gasteiger partial charge is 0.456 e. The Kier molecular flexibility index (Phi) is 3.29. The maximum absolute atomic E-state index is 11.2. The lowest BCUT2D eigenvalue weighted by molar-refractivity contribution is -0.153. The Morgan fingerprint density at radius 2 is 2.00 bits per heavy atom. The lowest BCUT2D eigenvalue weighted by Crippen LogP contribution is -2.26. The van der Waals surface area contributed by atoms with Crippen molar-refractivity contribution in [2.24, 2.45) is 0 Å². The van der Waals surface area contributed by atoms with Crippen LogP contribution in [0.3, 0.4) is 0 Å². The number of benzene rings is 1. The van der Waals surface area contributed by atoms with Gasteiger partial charge in [-0.25, -0.2) is 0 Å². The second-order valence-electron chi connectivity index (χ2n) is 3.88. The number of hydrogen-bond donors (Lipinski definition) is 0. The third-order valence-corrected chi connectivity index (χ3v) is 3.89. The molecule has 3 heteroatoms. The minimum atomic E-state index is -0.0755. The number of cyclic esters (lactones) is 1. The topological polar surface area (TPSA) is 26.3 Å². The average molecular weight is 316 g/mol. The van der Waals surface area contributed by atoms with Gasteiger partial charge in [-0.2, -0.15) is 0 Å². The summed E-state index contributed by atoms with van der Waals surface area (Å²) in [6, 6.07) is 8.21. The Morgan fingerprint density at radius 1 is 1.33 bits per heavy atom. The molecule has 1 aliphatic rings. The van der Waals surface area contributed by atoms with Crippen molar-refractivity contribution < 1.29 is 9.53 Å². The Bertz CT molecular complexity index is 358. The minimum Gasteiger partial charge on any atom is -0.456 e. The van der Waals surface area contributed by atoms with Gasteiger partial charge in [0.05, 0.1) is 3.92 Å². The molecule has 1 heterocycles. The zero-order valence-electron chi connectivity index (χ0n) is 8.57. The van der Waals surface area contributed by atoms with E-state index in [1.807, 2.05) is 12.1 Å². The first kappa shape index (κ1) is 10.9. The van der Waals surface area contributed by atoms with Gasteiger partial charge in [-0.1, -0.05) is 52.4 Å². The van der Waals surface area contributed by atoms with Crippen molar-refractivity contribution in [2.75, 3.05) is 0 Å². The first-order valence-electron chi connectivity index (χ1n) is 5.07. The minimum absolute atomic E-state index is 0.0625. The van der Waals surface area contributed by atoms with Crippen LogP contribution in [0.5, 0.6) is 0 Å². The van der Waals surface area contributed by atoms with Crippen LogP contribution in [0.2, 0.25) is 0 Å². The maximum Gasteiger partial charge on any atom is 0.306 e. The van der Waals surface area contributed by atoms with Crippen LogP contribution in [0.25, 0.3) is 0 Å². The fourth-order valence-electron chi connectivity index (χ4n) is 1.71. The second-order valence-corrected chi connectivity index (χ2v) is 5.48. The molecule has 1 fully saturated rings. The fraction of sp³-hybridized carbons (Fsp3) is 0.417. The molecular formula is C12H13IO2. The van der Waals surface area contributed by atoms with Gasteiger partial charge in [-0.05, 0) is 18.9 Å². The lowest BCUT2D eigenvalue weighted by atomic mass is 10.0. The lowest BCUT2D eigenvalue weighted by Gasteiger charge is -2.27. The number of carbonyl (C=O) groups is 1. The molecule has 15 heavy (non-hydrogen) atoms. The van der Waals surface area contributed by atoms with E-state index in [0.717, 1.165) is 12.0 Å². The molecule has 1 aromatic carbocycles. The number of alkyl halides is 1. The summed E-state index contributed by atoms with van der Waals surface area (Å²) >= 11 is 2.36. The van der Waals surface area contributed by atoms with Gasteiger partial charge < -0.3 is 4.74 Å². The van der Waals surface area contributed by atoms with E-state index in [9.17, 15) is 4.79 Å². The van der Waals surface area contributed by atoms with Gasteiger partial charge in [-0.15, -0.1) is 0 Å². The Balaban J connectivity index is 2.21. The highest BCUT2D eigenvalue weighted by atomic mass is 127. The summed E-state index contributed by atoms with van der Waals surface area (Å²) in [5.74, 6) is -0.0755. The number of ether oxygens (including phenoxy) is 1. The quantitative estimate of drug-likeness (QED) is 0.452. The van der Waals surface area contributed by atoms with E-state index in [4.69, 9.17) is 4.74 Å². The molecule has 2 rings (SSSR count). The average Bonchev–Trinajstić information content (AvgIpc) is 2.23. The molecule has 0 bridgehead atoms. The van der Waals surface area contributed by atoms with E-state index in [2.05, 4.69) is 41.6 Å². The number of halogens is 1. The molecule has 1 aliphatic heterocycles. The second kappa shape index (κ2) is 4.51. The first-order chi connectivity index (χ1) is 7.16. The normalized spacial score (nSPS) is 26.1. The number of hydrogen-bond acceptors (Lipinski definition) is 2. The number of aryl methyl sites for hydroxylation is 1. The first-order valence-corrected chi connectivity index (χ1v) is 6.31. The van der Waals surface area contributed by atoms with Crippen molar-refractivity contribution in [2.45, 2.75) is 29.8 Å². The van der Waals surface area contributed by atoms with E-state index in [-0.39, 0.29) is 12.1 Å². The van der Waals surface area contributed by atoms with E-state index >= 15 is 0 Å². The van der Waals surface area contributed by atoms with E-state index in [1.54, 1.807) is 0 Å². The van der Waals surface area contributed by atoms with Crippen molar-refractivity contribution in [1.29, 1.82) is 0 Å². The van der Waals surface area contributed by atoms with Gasteiger partial charge in [0.1, 0.15) is 6.10 Å². The molecule has 1 saturated heterocycles. The summed E-state index contributed by atoms with van der Waals surface area (Å²) < 4.78 is 5.77. The maximum atomic E-state index is 11.2. The molecule has 2 unspecified atom stereocenters. The van der Waals surface area contributed by atoms with Crippen molar-refractivity contribution in [3.63, 3.8) is 0 Å². The molecular weight excluding hydrogens is 303 g/mol. The molecule has 80 valence electrons. The zero-order valence-corrected chi connectivity index (χ0v) is 10.7. The van der Waals surface area contributed by atoms with Gasteiger partial charge in [0.25, 0.3) is 0 Å². The molecule has 0 aliphatic carbocycles. The smallest absolute Gasteiger partial charge is 0.306 e. The van der Waals surface area contributed by atoms with Crippen LogP contribution in [0, 0.1) is 6.92 Å². The van der Waals surface area contributed by atoms with E-state index < -0.39 is 0 Å². The van der Waals surface area contributed by atoms with Crippen molar-refractivity contribution in [3.8, 4) is 0 Å². The summed E-state index contributed by atoms with van der Waals surface area (Å²) in [5.41, 5.74) is 2.33. The third kappa shape index (κ3) is 2.51. The predicted molar refractivity (Wildman–Crippen MR) is 67.1 cm³/mol. The van der Waals surface area contributed by atoms with Crippen LogP contribution in [-0.4, -0.2) is 9.89 Å². The van der Waals surface area contributed by atoms with E-state index in [0.29, 0.717) is 10.3 Å². The zero-order chi connectivity index (χ0) is 10.8. The van der Waals surface area contributed by atoms with Gasteiger partial charge in [0.15, 0.2) is 0 Å². The van der Waals surface area contributed by atoms with Gasteiger partial charge >= 0.3 is 5.97 Å². The highest BCUT2D eigenvalue weighted by Crippen LogP contribution is 2.34. The Labute approximate surface area is 103 Å². The molecule has 0 radical (unpaired) electrons. The van der Waals surface area contributed by atoms with Crippen LogP contribution in [0.1, 0.15) is 30.1 Å². The van der Waals surface area contributed by atoms with Crippen LogP contribution in [-0.2, 0) is 9.53 Å². The molecule has 1 aromatic rings. The number of carbonyl (C=O) groups excluding carboxylic acids is 1. The molecule has 0 N–H and O–H groups in total. The fourth-order valence-corrected chi connectivity index (χ4v) is 2.59. The monoisotopic (exact) mass is 316 g/mol. The highest BCUT2D eigenvalue weighted by molar-refractivity contribution is 14.1. The van der Waals surface area contributed by atoms with Crippen LogP contribution < -0.4 is 0 Å². The molecule has 0 aromatic heterocycles. The predicted octanol–water partition coefficient (Wildman–Crippen LogP) is 3.18. The van der Waals surface area contributed by atoms with Gasteiger partial charge in [-0.3, -0.25) is 4.79 Å². The van der Waals surface area contributed by atoms with Gasteiger partial charge in [0, 0.05) is 6.42 Å². The SMILES string of the molecule is Cc1ccc(C2OC(=O)CCC2I)cc1. The number of esters is 1. The van der Waals surface area contributed by atoms with Crippen molar-refractivity contribution in [1.82, 2.24) is 0 Å². The van der Waals surface area contributed by atoms with Gasteiger partial charge in [0.2, 0.25) is 0 Å². The molecule has 0 spiro atoms. The molecule has 0 saturated carbocycles. The molecule has 0 amide bonds. The summed E-state index contributed by atoms with van der Waals surface area (Å²) in [7, 11) is 0. The summed E-state index contributed by atoms with van der Waals surface area (Å²) in [6.45, 7) is 2.05. The Hall–Kier alpha value is -0.580. The molecule has 2 nitrogen and oxygen atoms in total. The van der Waals surface area contributed by atoms with Crippen molar-refractivity contribution in [3.05, 3.63) is 35.4 Å². The third-order valence-electron chi connectivity index (χ3n) is 2.62. The van der Waals surface area contributed by atoms with Crippen LogP contribution in [0.15, 0.2) is 24.3 Å². The van der Waals surface area contributed by atoms with Crippen molar-refractivity contribution >= 4 is 28.6 Å². The highest BCUT2D eigenvalue weighted by Gasteiger charge is 2.29. The number of rotatable bonds is 1. The van der Waals surface area contributed by atoms with Crippen LogP contribution in [0.4, 0.5) is 0 Å². The van der Waals surface area contributed by atoms with Crippen LogP contribution >= 0.6 is 22.6 Å². The molecule has 2 atom stereocenters. The summed E-state index contributed by atoms with van der Waals surface area (Å²) in [4.78, 5) is 11.2. The summed E-state index contributed by atoms with van der Waals surface area (Å²) in [6.07, 6.45) is 1.40.